The molecule has 1 fully saturated rings. The molecule has 4 rings (SSSR count). The molecule has 29 heavy (non-hydrogen) atoms. The van der Waals surface area contributed by atoms with Gasteiger partial charge >= 0.3 is 0 Å². The number of anilines is 1. The molecule has 3 aromatic rings. The first-order valence-electron chi connectivity index (χ1n) is 9.93. The maximum atomic E-state index is 10.5. The van der Waals surface area contributed by atoms with Gasteiger partial charge in [0.1, 0.15) is 11.6 Å². The summed E-state index contributed by atoms with van der Waals surface area (Å²) in [6.45, 7) is 8.92. The fourth-order valence-corrected chi connectivity index (χ4v) is 4.52. The number of hydrogen-bond acceptors (Lipinski definition) is 6. The van der Waals surface area contributed by atoms with Crippen molar-refractivity contribution in [1.82, 2.24) is 25.7 Å². The third kappa shape index (κ3) is 4.40. The van der Waals surface area contributed by atoms with Crippen LogP contribution in [0.5, 0.6) is 5.75 Å². The highest BCUT2D eigenvalue weighted by Gasteiger charge is 2.37. The van der Waals surface area contributed by atoms with Crippen molar-refractivity contribution < 1.29 is 5.11 Å². The van der Waals surface area contributed by atoms with Crippen LogP contribution >= 0.6 is 0 Å². The van der Waals surface area contributed by atoms with E-state index in [1.807, 2.05) is 24.3 Å². The van der Waals surface area contributed by atoms with E-state index in [-0.39, 0.29) is 16.8 Å². The van der Waals surface area contributed by atoms with E-state index < -0.39 is 0 Å². The second kappa shape index (κ2) is 7.15. The molecule has 7 nitrogen and oxygen atoms in total. The van der Waals surface area contributed by atoms with Gasteiger partial charge in [-0.25, -0.2) is 0 Å². The Morgan fingerprint density at radius 1 is 1.00 bits per heavy atom. The normalized spacial score (nSPS) is 18.5. The lowest BCUT2D eigenvalue weighted by Crippen LogP contribution is -2.60. The number of phenols is 1. The maximum absolute atomic E-state index is 10.5. The number of piperidine rings is 1. The Bertz CT molecular complexity index is 963. The third-order valence-electron chi connectivity index (χ3n) is 5.31. The summed E-state index contributed by atoms with van der Waals surface area (Å²) < 4.78 is 0. The van der Waals surface area contributed by atoms with Gasteiger partial charge in [0.25, 0.3) is 0 Å². The van der Waals surface area contributed by atoms with Crippen LogP contribution in [-0.4, -0.2) is 42.6 Å². The molecule has 0 radical (unpaired) electrons. The molecule has 3 heterocycles. The summed E-state index contributed by atoms with van der Waals surface area (Å²) in [5.41, 5.74) is 3.23. The van der Waals surface area contributed by atoms with Gasteiger partial charge in [-0.05, 0) is 70.4 Å². The van der Waals surface area contributed by atoms with Crippen LogP contribution in [0.3, 0.4) is 0 Å². The molecule has 152 valence electrons. The van der Waals surface area contributed by atoms with Gasteiger partial charge in [0, 0.05) is 34.4 Å². The van der Waals surface area contributed by atoms with Gasteiger partial charge in [-0.2, -0.15) is 5.10 Å². The van der Waals surface area contributed by atoms with Gasteiger partial charge in [-0.15, -0.1) is 10.2 Å². The lowest BCUT2D eigenvalue weighted by molar-refractivity contribution is 0.170. The predicted molar refractivity (Wildman–Crippen MR) is 115 cm³/mol. The van der Waals surface area contributed by atoms with Crippen molar-refractivity contribution in [2.45, 2.75) is 57.7 Å². The highest BCUT2D eigenvalue weighted by atomic mass is 16.3. The molecule has 0 unspecified atom stereocenters. The maximum Gasteiger partial charge on any atom is 0.148 e. The molecule has 1 aliphatic heterocycles. The molecule has 1 aromatic carbocycles. The number of rotatable bonds is 4. The van der Waals surface area contributed by atoms with E-state index in [0.29, 0.717) is 17.3 Å². The summed E-state index contributed by atoms with van der Waals surface area (Å²) in [6, 6.07) is 9.64. The molecule has 0 amide bonds. The highest BCUT2D eigenvalue weighted by Crippen LogP contribution is 2.33. The van der Waals surface area contributed by atoms with E-state index in [4.69, 9.17) is 0 Å². The minimum atomic E-state index is 0.0648. The third-order valence-corrected chi connectivity index (χ3v) is 5.31. The van der Waals surface area contributed by atoms with Gasteiger partial charge in [0.05, 0.1) is 11.9 Å². The minimum absolute atomic E-state index is 0.0648. The van der Waals surface area contributed by atoms with E-state index in [1.165, 1.54) is 0 Å². The predicted octanol–water partition coefficient (Wildman–Crippen LogP) is 3.96. The lowest BCUT2D eigenvalue weighted by atomic mass is 9.79. The number of benzene rings is 1. The number of phenolic OH excluding ortho intramolecular Hbond substituents is 1. The van der Waals surface area contributed by atoms with Crippen LogP contribution in [0.4, 0.5) is 5.82 Å². The molecule has 1 aliphatic rings. The Hall–Kier alpha value is -2.93. The fraction of sp³-hybridized carbons (Fsp3) is 0.409. The second-order valence-corrected chi connectivity index (χ2v) is 9.16. The number of H-pyrrole nitrogens is 1. The van der Waals surface area contributed by atoms with E-state index >= 15 is 0 Å². The summed E-state index contributed by atoms with van der Waals surface area (Å²) in [4.78, 5) is 0. The van der Waals surface area contributed by atoms with E-state index in [9.17, 15) is 5.11 Å². The Kier molecular flexibility index (Phi) is 4.78. The van der Waals surface area contributed by atoms with Gasteiger partial charge < -0.3 is 15.7 Å². The first-order chi connectivity index (χ1) is 13.7. The molecule has 2 aromatic heterocycles. The SMILES string of the molecule is CC1(C)CC(Nc2ccc(-c3ccc(-c4cn[nH]c4)cc3O)nn2)CC(C)(C)N1. The zero-order chi connectivity index (χ0) is 20.6. The van der Waals surface area contributed by atoms with Crippen LogP contribution < -0.4 is 10.6 Å². The minimum Gasteiger partial charge on any atom is -0.507 e. The topological polar surface area (TPSA) is 98.8 Å². The number of aromatic nitrogens is 4. The molecule has 0 bridgehead atoms. The van der Waals surface area contributed by atoms with Crippen molar-refractivity contribution in [2.24, 2.45) is 0 Å². The van der Waals surface area contributed by atoms with Crippen LogP contribution in [0.1, 0.15) is 40.5 Å². The van der Waals surface area contributed by atoms with Gasteiger partial charge in [-0.3, -0.25) is 5.10 Å². The van der Waals surface area contributed by atoms with E-state index in [0.717, 1.165) is 29.8 Å². The second-order valence-electron chi connectivity index (χ2n) is 9.16. The zero-order valence-electron chi connectivity index (χ0n) is 17.3. The van der Waals surface area contributed by atoms with Crippen LogP contribution in [0, 0.1) is 0 Å². The van der Waals surface area contributed by atoms with Crippen molar-refractivity contribution in [3.8, 4) is 28.1 Å². The summed E-state index contributed by atoms with van der Waals surface area (Å²) in [7, 11) is 0. The van der Waals surface area contributed by atoms with Crippen molar-refractivity contribution in [3.05, 3.63) is 42.7 Å². The zero-order valence-corrected chi connectivity index (χ0v) is 17.3. The first-order valence-corrected chi connectivity index (χ1v) is 9.93. The van der Waals surface area contributed by atoms with E-state index in [2.05, 4.69) is 58.7 Å². The Morgan fingerprint density at radius 3 is 2.34 bits per heavy atom. The Morgan fingerprint density at radius 2 is 1.76 bits per heavy atom. The molecule has 7 heteroatoms. The summed E-state index contributed by atoms with van der Waals surface area (Å²) in [5.74, 6) is 0.919. The van der Waals surface area contributed by atoms with Gasteiger partial charge in [0.15, 0.2) is 0 Å². The lowest BCUT2D eigenvalue weighted by Gasteiger charge is -2.46. The number of aromatic hydroxyl groups is 1. The first kappa shape index (κ1) is 19.4. The fourth-order valence-electron chi connectivity index (χ4n) is 4.52. The standard InChI is InChI=1S/C22H28N6O/c1-21(2)10-16(11-22(3,4)28-21)25-20-8-7-18(26-27-20)17-6-5-14(9-19(17)29)15-12-23-24-13-15/h5-9,12-13,16,28-29H,10-11H2,1-4H3,(H,23,24)(H,25,27). The molecular formula is C22H28N6O. The quantitative estimate of drug-likeness (QED) is 0.536. The molecule has 0 saturated carbocycles. The van der Waals surface area contributed by atoms with Crippen LogP contribution in [0.2, 0.25) is 0 Å². The number of nitrogens with one attached hydrogen (secondary N) is 3. The average molecular weight is 393 g/mol. The van der Waals surface area contributed by atoms with E-state index in [1.54, 1.807) is 18.5 Å². The summed E-state index contributed by atoms with van der Waals surface area (Å²) in [5, 5.41) is 33.1. The van der Waals surface area contributed by atoms with Crippen LogP contribution in [0.15, 0.2) is 42.7 Å². The largest absolute Gasteiger partial charge is 0.507 e. The highest BCUT2D eigenvalue weighted by molar-refractivity contribution is 5.73. The molecule has 4 N–H and O–H groups in total. The molecule has 0 aliphatic carbocycles. The van der Waals surface area contributed by atoms with Crippen molar-refractivity contribution in [1.29, 1.82) is 0 Å². The van der Waals surface area contributed by atoms with Crippen LogP contribution in [-0.2, 0) is 0 Å². The molecule has 1 saturated heterocycles. The van der Waals surface area contributed by atoms with Crippen molar-refractivity contribution in [2.75, 3.05) is 5.32 Å². The smallest absolute Gasteiger partial charge is 0.148 e. The van der Waals surface area contributed by atoms with Crippen molar-refractivity contribution >= 4 is 5.82 Å². The average Bonchev–Trinajstić information content (AvgIpc) is 3.14. The van der Waals surface area contributed by atoms with Crippen molar-refractivity contribution in [3.63, 3.8) is 0 Å². The van der Waals surface area contributed by atoms with Gasteiger partial charge in [0.2, 0.25) is 0 Å². The van der Waals surface area contributed by atoms with Crippen LogP contribution in [0.25, 0.3) is 22.4 Å². The number of aromatic amines is 1. The Balaban J connectivity index is 1.50. The molecule has 0 atom stereocenters. The molecular weight excluding hydrogens is 364 g/mol. The molecule has 0 spiro atoms. The number of nitrogens with zero attached hydrogens (tertiary/aromatic N) is 3. The van der Waals surface area contributed by atoms with Gasteiger partial charge in [-0.1, -0.05) is 6.07 Å². The summed E-state index contributed by atoms with van der Waals surface area (Å²) >= 11 is 0. The Labute approximate surface area is 171 Å². The number of hydrogen-bond donors (Lipinski definition) is 4. The monoisotopic (exact) mass is 392 g/mol. The summed E-state index contributed by atoms with van der Waals surface area (Å²) in [6.07, 6.45) is 5.53.